The zero-order chi connectivity index (χ0) is 25.0. The van der Waals surface area contributed by atoms with Crippen LogP contribution in [0, 0.1) is 30.3 Å². The second-order valence-corrected chi connectivity index (χ2v) is 7.50. The molecule has 1 atom stereocenters. The fourth-order valence-corrected chi connectivity index (χ4v) is 3.47. The zero-order valence-electron chi connectivity index (χ0n) is 16.8. The number of carbonyl (C=O) groups excluding carboxylic acids is 2. The standard InChI is InChI=1S/C21H12BrN3O9/c22-18-16(24(30)31)10-14(11-17(18)25(32)33)21(27)34-20(19(26)12-4-2-1-3-5-12)13-6-8-15(9-7-13)23(28)29/h1-11,20H/t20-/m0/s1. The van der Waals surface area contributed by atoms with Crippen molar-refractivity contribution in [1.29, 1.82) is 0 Å². The van der Waals surface area contributed by atoms with Crippen LogP contribution in [-0.2, 0) is 4.74 Å². The Bertz CT molecular complexity index is 1280. The Labute approximate surface area is 198 Å². The van der Waals surface area contributed by atoms with E-state index in [4.69, 9.17) is 4.74 Å². The summed E-state index contributed by atoms with van der Waals surface area (Å²) in [6, 6.07) is 14.0. The molecular formula is C21H12BrN3O9. The molecule has 0 spiro atoms. The molecule has 0 aliphatic heterocycles. The van der Waals surface area contributed by atoms with Crippen LogP contribution in [0.25, 0.3) is 0 Å². The Kier molecular flexibility index (Phi) is 7.06. The fourth-order valence-electron chi connectivity index (χ4n) is 2.95. The molecule has 172 valence electrons. The van der Waals surface area contributed by atoms with Gasteiger partial charge in [-0.2, -0.15) is 0 Å². The van der Waals surface area contributed by atoms with E-state index in [1.807, 2.05) is 0 Å². The van der Waals surface area contributed by atoms with Gasteiger partial charge in [-0.3, -0.25) is 35.1 Å². The van der Waals surface area contributed by atoms with E-state index in [1.54, 1.807) is 18.2 Å². The Balaban J connectivity index is 2.05. The first-order chi connectivity index (χ1) is 16.1. The molecule has 0 N–H and O–H groups in total. The largest absolute Gasteiger partial charge is 0.445 e. The number of hydrogen-bond donors (Lipinski definition) is 0. The summed E-state index contributed by atoms with van der Waals surface area (Å²) in [6.45, 7) is 0. The van der Waals surface area contributed by atoms with Crippen LogP contribution < -0.4 is 0 Å². The van der Waals surface area contributed by atoms with Crippen LogP contribution in [-0.4, -0.2) is 26.5 Å². The van der Waals surface area contributed by atoms with E-state index in [2.05, 4.69) is 15.9 Å². The molecule has 0 heterocycles. The molecule has 0 aromatic heterocycles. The van der Waals surface area contributed by atoms with Crippen LogP contribution in [0.1, 0.15) is 32.4 Å². The van der Waals surface area contributed by atoms with Crippen molar-refractivity contribution >= 4 is 44.7 Å². The first-order valence-electron chi connectivity index (χ1n) is 9.27. The SMILES string of the molecule is O=C(O[C@H](C(=O)c1ccccc1)c1ccc([N+](=O)[O-])cc1)c1cc([N+](=O)[O-])c(Br)c([N+](=O)[O-])c1. The highest BCUT2D eigenvalue weighted by Crippen LogP contribution is 2.36. The second-order valence-electron chi connectivity index (χ2n) is 6.71. The Morgan fingerprint density at radius 1 is 0.765 bits per heavy atom. The van der Waals surface area contributed by atoms with Crippen molar-refractivity contribution in [3.8, 4) is 0 Å². The first-order valence-corrected chi connectivity index (χ1v) is 10.1. The van der Waals surface area contributed by atoms with E-state index in [9.17, 15) is 39.9 Å². The Morgan fingerprint density at radius 2 is 1.29 bits per heavy atom. The molecule has 0 radical (unpaired) electrons. The fraction of sp³-hybridized carbons (Fsp3) is 0.0476. The molecule has 13 heteroatoms. The number of benzene rings is 3. The lowest BCUT2D eigenvalue weighted by molar-refractivity contribution is -0.395. The van der Waals surface area contributed by atoms with Gasteiger partial charge >= 0.3 is 5.97 Å². The highest BCUT2D eigenvalue weighted by atomic mass is 79.9. The summed E-state index contributed by atoms with van der Waals surface area (Å²) < 4.78 is 4.89. The summed E-state index contributed by atoms with van der Waals surface area (Å²) in [4.78, 5) is 57.0. The molecule has 0 amide bonds. The number of non-ortho nitro benzene ring substituents is 1. The van der Waals surface area contributed by atoms with Crippen LogP contribution in [0.5, 0.6) is 0 Å². The van der Waals surface area contributed by atoms with Gasteiger partial charge in [-0.1, -0.05) is 30.3 Å². The summed E-state index contributed by atoms with van der Waals surface area (Å²) in [5.74, 6) is -1.92. The molecule has 0 aliphatic carbocycles. The van der Waals surface area contributed by atoms with Gasteiger partial charge in [-0.05, 0) is 28.1 Å². The van der Waals surface area contributed by atoms with Crippen molar-refractivity contribution in [1.82, 2.24) is 0 Å². The van der Waals surface area contributed by atoms with Crippen LogP contribution >= 0.6 is 15.9 Å². The monoisotopic (exact) mass is 529 g/mol. The topological polar surface area (TPSA) is 173 Å². The minimum atomic E-state index is -1.59. The van der Waals surface area contributed by atoms with E-state index in [-0.39, 0.29) is 16.8 Å². The lowest BCUT2D eigenvalue weighted by atomic mass is 9.99. The maximum Gasteiger partial charge on any atom is 0.339 e. The van der Waals surface area contributed by atoms with Crippen LogP contribution in [0.4, 0.5) is 17.1 Å². The predicted molar refractivity (Wildman–Crippen MR) is 119 cm³/mol. The van der Waals surface area contributed by atoms with Gasteiger partial charge in [0.05, 0.1) is 20.3 Å². The van der Waals surface area contributed by atoms with Crippen LogP contribution in [0.15, 0.2) is 71.2 Å². The van der Waals surface area contributed by atoms with Crippen molar-refractivity contribution in [3.63, 3.8) is 0 Å². The molecule has 0 bridgehead atoms. The lowest BCUT2D eigenvalue weighted by Gasteiger charge is -2.17. The minimum absolute atomic E-state index is 0.0916. The number of esters is 1. The summed E-state index contributed by atoms with van der Waals surface area (Å²) >= 11 is 2.78. The van der Waals surface area contributed by atoms with Gasteiger partial charge in [0.25, 0.3) is 17.1 Å². The van der Waals surface area contributed by atoms with Crippen LogP contribution in [0.2, 0.25) is 0 Å². The zero-order valence-corrected chi connectivity index (χ0v) is 18.4. The molecule has 3 rings (SSSR count). The maximum atomic E-state index is 13.1. The Hall–Kier alpha value is -4.52. The van der Waals surface area contributed by atoms with Crippen molar-refractivity contribution in [2.75, 3.05) is 0 Å². The number of halogens is 1. The number of nitro benzene ring substituents is 3. The molecular weight excluding hydrogens is 518 g/mol. The summed E-state index contributed by atoms with van der Waals surface area (Å²) in [5, 5.41) is 33.5. The third kappa shape index (κ3) is 5.10. The van der Waals surface area contributed by atoms with E-state index < -0.39 is 54.0 Å². The maximum absolute atomic E-state index is 13.1. The van der Waals surface area contributed by atoms with E-state index in [0.29, 0.717) is 0 Å². The van der Waals surface area contributed by atoms with Gasteiger partial charge in [0.2, 0.25) is 5.78 Å². The van der Waals surface area contributed by atoms with Crippen molar-refractivity contribution < 1.29 is 29.1 Å². The van der Waals surface area contributed by atoms with E-state index >= 15 is 0 Å². The molecule has 34 heavy (non-hydrogen) atoms. The number of nitrogens with zero attached hydrogens (tertiary/aromatic N) is 3. The van der Waals surface area contributed by atoms with E-state index in [0.717, 1.165) is 24.3 Å². The summed E-state index contributed by atoms with van der Waals surface area (Å²) in [5.41, 5.74) is -2.04. The molecule has 0 saturated heterocycles. The van der Waals surface area contributed by atoms with Gasteiger partial charge in [0.1, 0.15) is 0 Å². The van der Waals surface area contributed by atoms with Crippen molar-refractivity contribution in [2.45, 2.75) is 6.10 Å². The summed E-state index contributed by atoms with van der Waals surface area (Å²) in [7, 11) is 0. The average Bonchev–Trinajstić information content (AvgIpc) is 2.82. The van der Waals surface area contributed by atoms with Crippen molar-refractivity contribution in [2.24, 2.45) is 0 Å². The molecule has 12 nitrogen and oxygen atoms in total. The second kappa shape index (κ2) is 9.95. The highest BCUT2D eigenvalue weighted by Gasteiger charge is 2.31. The number of carbonyl (C=O) groups is 2. The minimum Gasteiger partial charge on any atom is -0.445 e. The third-order valence-corrected chi connectivity index (χ3v) is 5.40. The quantitative estimate of drug-likeness (QED) is 0.169. The number of Topliss-reactive ketones (excluding diaryl/α,β-unsaturated/α-hetero) is 1. The number of ether oxygens (including phenoxy) is 1. The van der Waals surface area contributed by atoms with Crippen LogP contribution in [0.3, 0.4) is 0 Å². The number of rotatable bonds is 8. The molecule has 0 unspecified atom stereocenters. The molecule has 0 aliphatic rings. The highest BCUT2D eigenvalue weighted by molar-refractivity contribution is 9.10. The number of nitro groups is 3. The average molecular weight is 530 g/mol. The molecule has 0 fully saturated rings. The first kappa shape index (κ1) is 24.1. The predicted octanol–water partition coefficient (Wildman–Crippen LogP) is 4.95. The van der Waals surface area contributed by atoms with Gasteiger partial charge in [0, 0.05) is 35.4 Å². The smallest absolute Gasteiger partial charge is 0.339 e. The Morgan fingerprint density at radius 3 is 1.76 bits per heavy atom. The third-order valence-electron chi connectivity index (χ3n) is 4.59. The normalized spacial score (nSPS) is 11.3. The lowest BCUT2D eigenvalue weighted by Crippen LogP contribution is -2.20. The van der Waals surface area contributed by atoms with Gasteiger partial charge < -0.3 is 4.74 Å². The van der Waals surface area contributed by atoms with Gasteiger partial charge in [-0.15, -0.1) is 0 Å². The molecule has 0 saturated carbocycles. The van der Waals surface area contributed by atoms with Crippen molar-refractivity contribution in [3.05, 3.63) is 118 Å². The summed E-state index contributed by atoms with van der Waals surface area (Å²) in [6.07, 6.45) is -1.59. The number of ketones is 1. The van der Waals surface area contributed by atoms with Gasteiger partial charge in [0.15, 0.2) is 10.6 Å². The molecule has 3 aromatic rings. The van der Waals surface area contributed by atoms with Gasteiger partial charge in [-0.25, -0.2) is 4.79 Å². The van der Waals surface area contributed by atoms with E-state index in [1.165, 1.54) is 24.3 Å². The molecule has 3 aromatic carbocycles. The number of hydrogen-bond acceptors (Lipinski definition) is 9.